The molecule has 0 bridgehead atoms. The van der Waals surface area contributed by atoms with Crippen molar-refractivity contribution in [1.82, 2.24) is 5.32 Å². The number of hydrogen-bond acceptors (Lipinski definition) is 4. The van der Waals surface area contributed by atoms with Crippen molar-refractivity contribution in [3.05, 3.63) is 69.5 Å². The van der Waals surface area contributed by atoms with E-state index < -0.39 is 4.92 Å². The first-order valence-corrected chi connectivity index (χ1v) is 6.96. The number of anilines is 1. The van der Waals surface area contributed by atoms with E-state index in [2.05, 4.69) is 10.6 Å². The van der Waals surface area contributed by atoms with Crippen molar-refractivity contribution < 1.29 is 14.1 Å². The predicted octanol–water partition coefficient (Wildman–Crippen LogP) is 2.77. The summed E-state index contributed by atoms with van der Waals surface area (Å²) in [6.45, 7) is 2.07. The Bertz CT molecular complexity index is 717. The second-order valence-electron chi connectivity index (χ2n) is 5.01. The second kappa shape index (κ2) is 7.35. The molecule has 0 aliphatic carbocycles. The topological polar surface area (TPSA) is 84.3 Å². The van der Waals surface area contributed by atoms with Crippen molar-refractivity contribution in [3.63, 3.8) is 0 Å². The molecule has 2 N–H and O–H groups in total. The van der Waals surface area contributed by atoms with Crippen LogP contribution in [0, 0.1) is 22.9 Å². The highest BCUT2D eigenvalue weighted by molar-refractivity contribution is 5.81. The number of rotatable bonds is 6. The van der Waals surface area contributed by atoms with Gasteiger partial charge in [-0.3, -0.25) is 14.9 Å². The van der Waals surface area contributed by atoms with E-state index in [1.54, 1.807) is 25.1 Å². The minimum Gasteiger partial charge on any atom is -0.376 e. The number of halogens is 1. The van der Waals surface area contributed by atoms with Crippen LogP contribution in [0.4, 0.5) is 15.8 Å². The first-order chi connectivity index (χ1) is 11.0. The van der Waals surface area contributed by atoms with Crippen LogP contribution in [0.2, 0.25) is 0 Å². The number of nitrogens with one attached hydrogen (secondary N) is 2. The average molecular weight is 317 g/mol. The molecule has 0 saturated carbocycles. The van der Waals surface area contributed by atoms with Gasteiger partial charge in [-0.1, -0.05) is 18.2 Å². The minimum absolute atomic E-state index is 0.0107. The maximum atomic E-state index is 12.8. The predicted molar refractivity (Wildman–Crippen MR) is 84.6 cm³/mol. The van der Waals surface area contributed by atoms with Crippen LogP contribution in [0.15, 0.2) is 42.5 Å². The summed E-state index contributed by atoms with van der Waals surface area (Å²) in [6.07, 6.45) is 0. The number of nitrogens with zero attached hydrogens (tertiary/aromatic N) is 1. The molecule has 0 atom stereocenters. The third-order valence-electron chi connectivity index (χ3n) is 3.27. The number of nitro groups is 1. The van der Waals surface area contributed by atoms with Gasteiger partial charge in [0.25, 0.3) is 5.69 Å². The van der Waals surface area contributed by atoms with Gasteiger partial charge < -0.3 is 10.6 Å². The molecule has 0 spiro atoms. The van der Waals surface area contributed by atoms with Crippen LogP contribution in [-0.4, -0.2) is 17.4 Å². The Hall–Kier alpha value is -2.96. The van der Waals surface area contributed by atoms with Crippen LogP contribution in [0.3, 0.4) is 0 Å². The summed E-state index contributed by atoms with van der Waals surface area (Å²) >= 11 is 0. The smallest absolute Gasteiger partial charge is 0.271 e. The summed E-state index contributed by atoms with van der Waals surface area (Å²) in [5.74, 6) is -0.594. The number of aryl methyl sites for hydroxylation is 1. The van der Waals surface area contributed by atoms with Crippen LogP contribution in [0.5, 0.6) is 0 Å². The third-order valence-corrected chi connectivity index (χ3v) is 3.27. The van der Waals surface area contributed by atoms with Gasteiger partial charge in [0.2, 0.25) is 5.91 Å². The number of non-ortho nitro benzene ring substituents is 1. The highest BCUT2D eigenvalue weighted by Gasteiger charge is 2.09. The number of nitro benzene ring substituents is 1. The summed E-state index contributed by atoms with van der Waals surface area (Å²) in [4.78, 5) is 22.1. The standard InChI is InChI=1S/C16H16FN3O3/c1-11-2-7-14(20(22)23)8-15(11)18-10-16(21)19-9-12-3-5-13(17)6-4-12/h2-8,18H,9-10H2,1H3,(H,19,21). The molecule has 0 aliphatic heterocycles. The Labute approximate surface area is 132 Å². The summed E-state index contributed by atoms with van der Waals surface area (Å²) < 4.78 is 12.8. The van der Waals surface area contributed by atoms with Crippen molar-refractivity contribution in [2.45, 2.75) is 13.5 Å². The monoisotopic (exact) mass is 317 g/mol. The molecule has 6 nitrogen and oxygen atoms in total. The molecule has 2 aromatic rings. The molecule has 0 fully saturated rings. The van der Waals surface area contributed by atoms with Gasteiger partial charge in [-0.05, 0) is 30.2 Å². The van der Waals surface area contributed by atoms with Gasteiger partial charge in [0, 0.05) is 24.4 Å². The van der Waals surface area contributed by atoms with Crippen molar-refractivity contribution in [1.29, 1.82) is 0 Å². The number of carbonyl (C=O) groups is 1. The van der Waals surface area contributed by atoms with E-state index in [0.29, 0.717) is 5.69 Å². The van der Waals surface area contributed by atoms with Crippen LogP contribution in [0.25, 0.3) is 0 Å². The molecular formula is C16H16FN3O3. The first-order valence-electron chi connectivity index (χ1n) is 6.96. The van der Waals surface area contributed by atoms with E-state index in [9.17, 15) is 19.3 Å². The fourth-order valence-corrected chi connectivity index (χ4v) is 1.95. The van der Waals surface area contributed by atoms with Crippen molar-refractivity contribution in [2.24, 2.45) is 0 Å². The maximum absolute atomic E-state index is 12.8. The zero-order valence-electron chi connectivity index (χ0n) is 12.5. The SMILES string of the molecule is Cc1ccc([N+](=O)[O-])cc1NCC(=O)NCc1ccc(F)cc1. The Kier molecular flexibility index (Phi) is 5.24. The molecule has 0 aliphatic rings. The molecule has 0 saturated heterocycles. The maximum Gasteiger partial charge on any atom is 0.271 e. The van der Waals surface area contributed by atoms with E-state index in [1.807, 2.05) is 0 Å². The van der Waals surface area contributed by atoms with Gasteiger partial charge in [-0.15, -0.1) is 0 Å². The Balaban J connectivity index is 1.88. The minimum atomic E-state index is -0.487. The molecule has 7 heteroatoms. The molecule has 2 rings (SSSR count). The van der Waals surface area contributed by atoms with Crippen molar-refractivity contribution in [3.8, 4) is 0 Å². The Morgan fingerprint density at radius 1 is 1.22 bits per heavy atom. The highest BCUT2D eigenvalue weighted by Crippen LogP contribution is 2.21. The molecule has 0 radical (unpaired) electrons. The lowest BCUT2D eigenvalue weighted by Gasteiger charge is -2.10. The Morgan fingerprint density at radius 3 is 2.57 bits per heavy atom. The molecule has 0 heterocycles. The quantitative estimate of drug-likeness (QED) is 0.634. The summed E-state index contributed by atoms with van der Waals surface area (Å²) in [5.41, 5.74) is 2.09. The number of hydrogen-bond donors (Lipinski definition) is 2. The fraction of sp³-hybridized carbons (Fsp3) is 0.188. The van der Waals surface area contributed by atoms with Gasteiger partial charge in [0.1, 0.15) is 5.82 Å². The van der Waals surface area contributed by atoms with Gasteiger partial charge in [-0.2, -0.15) is 0 Å². The lowest BCUT2D eigenvalue weighted by molar-refractivity contribution is -0.384. The molecule has 2 aromatic carbocycles. The van der Waals surface area contributed by atoms with E-state index in [1.165, 1.54) is 24.3 Å². The Morgan fingerprint density at radius 2 is 1.91 bits per heavy atom. The molecule has 23 heavy (non-hydrogen) atoms. The van der Waals surface area contributed by atoms with Crippen LogP contribution >= 0.6 is 0 Å². The summed E-state index contributed by atoms with van der Waals surface area (Å²) in [7, 11) is 0. The number of amides is 1. The van der Waals surface area contributed by atoms with Gasteiger partial charge in [0.15, 0.2) is 0 Å². The van der Waals surface area contributed by atoms with Gasteiger partial charge in [-0.25, -0.2) is 4.39 Å². The molecule has 120 valence electrons. The number of carbonyl (C=O) groups excluding carboxylic acids is 1. The number of benzene rings is 2. The van der Waals surface area contributed by atoms with E-state index in [-0.39, 0.29) is 30.5 Å². The summed E-state index contributed by atoms with van der Waals surface area (Å²) in [5, 5.41) is 16.3. The first kappa shape index (κ1) is 16.4. The lowest BCUT2D eigenvalue weighted by Crippen LogP contribution is -2.29. The zero-order chi connectivity index (χ0) is 16.8. The van der Waals surface area contributed by atoms with Crippen molar-refractivity contribution in [2.75, 3.05) is 11.9 Å². The highest BCUT2D eigenvalue weighted by atomic mass is 19.1. The molecule has 0 unspecified atom stereocenters. The normalized spacial score (nSPS) is 10.2. The average Bonchev–Trinajstić information content (AvgIpc) is 2.53. The fourth-order valence-electron chi connectivity index (χ4n) is 1.95. The molecule has 1 amide bonds. The van der Waals surface area contributed by atoms with Gasteiger partial charge in [0.05, 0.1) is 11.5 Å². The largest absolute Gasteiger partial charge is 0.376 e. The second-order valence-corrected chi connectivity index (χ2v) is 5.01. The van der Waals surface area contributed by atoms with Crippen LogP contribution < -0.4 is 10.6 Å². The van der Waals surface area contributed by atoms with E-state index in [0.717, 1.165) is 11.1 Å². The summed E-state index contributed by atoms with van der Waals surface area (Å²) in [6, 6.07) is 10.3. The molecular weight excluding hydrogens is 301 g/mol. The lowest BCUT2D eigenvalue weighted by atomic mass is 10.2. The molecule has 0 aromatic heterocycles. The third kappa shape index (κ3) is 4.77. The van der Waals surface area contributed by atoms with Crippen LogP contribution in [0.1, 0.15) is 11.1 Å². The zero-order valence-corrected chi connectivity index (χ0v) is 12.5. The van der Waals surface area contributed by atoms with E-state index in [4.69, 9.17) is 0 Å². The van der Waals surface area contributed by atoms with E-state index >= 15 is 0 Å². The van der Waals surface area contributed by atoms with Crippen molar-refractivity contribution >= 4 is 17.3 Å². The van der Waals surface area contributed by atoms with Crippen LogP contribution in [-0.2, 0) is 11.3 Å². The van der Waals surface area contributed by atoms with Gasteiger partial charge >= 0.3 is 0 Å².